The van der Waals surface area contributed by atoms with E-state index in [1.165, 1.54) is 12.4 Å². The van der Waals surface area contributed by atoms with Crippen LogP contribution < -0.4 is 5.32 Å². The average Bonchev–Trinajstić information content (AvgIpc) is 2.79. The first kappa shape index (κ1) is 10.8. The number of hydrogen-bond donors (Lipinski definition) is 2. The Balaban J connectivity index is 2.00. The second kappa shape index (κ2) is 4.89. The van der Waals surface area contributed by atoms with E-state index in [0.717, 1.165) is 19.4 Å². The highest BCUT2D eigenvalue weighted by Crippen LogP contribution is 2.14. The van der Waals surface area contributed by atoms with Crippen molar-refractivity contribution in [3.05, 3.63) is 18.1 Å². The molecule has 0 bridgehead atoms. The molecule has 1 aromatic rings. The fourth-order valence-electron chi connectivity index (χ4n) is 1.64. The van der Waals surface area contributed by atoms with Crippen LogP contribution in [-0.2, 0) is 4.74 Å². The lowest BCUT2D eigenvalue weighted by molar-refractivity contribution is 0.0691. The van der Waals surface area contributed by atoms with E-state index < -0.39 is 5.97 Å². The SMILES string of the molecule is O=C(O)c1nccnc1NCC1CCCO1. The van der Waals surface area contributed by atoms with Crippen LogP contribution >= 0.6 is 0 Å². The van der Waals surface area contributed by atoms with Gasteiger partial charge in [0, 0.05) is 25.5 Å². The number of ether oxygens (including phenoxy) is 1. The quantitative estimate of drug-likeness (QED) is 0.784. The molecule has 1 aliphatic rings. The minimum absolute atomic E-state index is 0.0551. The van der Waals surface area contributed by atoms with Gasteiger partial charge < -0.3 is 15.2 Å². The number of carboxylic acid groups (broad SMARTS) is 1. The molecule has 0 saturated carbocycles. The first-order valence-corrected chi connectivity index (χ1v) is 5.17. The highest BCUT2D eigenvalue weighted by molar-refractivity contribution is 5.90. The van der Waals surface area contributed by atoms with Gasteiger partial charge in [-0.05, 0) is 12.8 Å². The van der Waals surface area contributed by atoms with Crippen molar-refractivity contribution in [2.45, 2.75) is 18.9 Å². The molecule has 1 saturated heterocycles. The predicted octanol–water partition coefficient (Wildman–Crippen LogP) is 0.766. The number of nitrogens with one attached hydrogen (secondary N) is 1. The fourth-order valence-corrected chi connectivity index (χ4v) is 1.64. The Morgan fingerprint density at radius 1 is 1.56 bits per heavy atom. The van der Waals surface area contributed by atoms with Gasteiger partial charge >= 0.3 is 5.97 Å². The van der Waals surface area contributed by atoms with Crippen molar-refractivity contribution in [1.82, 2.24) is 9.97 Å². The highest BCUT2D eigenvalue weighted by atomic mass is 16.5. The monoisotopic (exact) mass is 223 g/mol. The molecule has 0 spiro atoms. The third-order valence-corrected chi connectivity index (χ3v) is 2.42. The summed E-state index contributed by atoms with van der Waals surface area (Å²) < 4.78 is 5.42. The smallest absolute Gasteiger partial charge is 0.358 e. The zero-order valence-corrected chi connectivity index (χ0v) is 8.72. The van der Waals surface area contributed by atoms with Crippen molar-refractivity contribution in [1.29, 1.82) is 0 Å². The first-order valence-electron chi connectivity index (χ1n) is 5.17. The van der Waals surface area contributed by atoms with E-state index in [1.54, 1.807) is 0 Å². The van der Waals surface area contributed by atoms with Gasteiger partial charge in [-0.25, -0.2) is 14.8 Å². The normalized spacial score (nSPS) is 19.6. The Kier molecular flexibility index (Phi) is 3.31. The maximum absolute atomic E-state index is 10.8. The summed E-state index contributed by atoms with van der Waals surface area (Å²) >= 11 is 0. The number of anilines is 1. The summed E-state index contributed by atoms with van der Waals surface area (Å²) in [6.07, 6.45) is 5.02. The van der Waals surface area contributed by atoms with Gasteiger partial charge in [-0.2, -0.15) is 0 Å². The number of hydrogen-bond acceptors (Lipinski definition) is 5. The van der Waals surface area contributed by atoms with E-state index in [-0.39, 0.29) is 11.8 Å². The van der Waals surface area contributed by atoms with Gasteiger partial charge in [0.25, 0.3) is 0 Å². The number of nitrogens with zero attached hydrogens (tertiary/aromatic N) is 2. The summed E-state index contributed by atoms with van der Waals surface area (Å²) in [7, 11) is 0. The molecule has 0 amide bonds. The summed E-state index contributed by atoms with van der Waals surface area (Å²) in [6.45, 7) is 1.34. The van der Waals surface area contributed by atoms with Crippen LogP contribution in [0.5, 0.6) is 0 Å². The summed E-state index contributed by atoms with van der Waals surface area (Å²) in [5.74, 6) is -0.784. The lowest BCUT2D eigenvalue weighted by atomic mass is 10.2. The van der Waals surface area contributed by atoms with Gasteiger partial charge in [0.05, 0.1) is 6.10 Å². The second-order valence-electron chi connectivity index (χ2n) is 3.57. The molecule has 6 heteroatoms. The summed E-state index contributed by atoms with van der Waals surface area (Å²) in [5.41, 5.74) is -0.0551. The van der Waals surface area contributed by atoms with E-state index in [0.29, 0.717) is 12.4 Å². The number of carbonyl (C=O) groups is 1. The Morgan fingerprint density at radius 3 is 3.06 bits per heavy atom. The van der Waals surface area contributed by atoms with Crippen LogP contribution in [0.1, 0.15) is 23.3 Å². The molecule has 86 valence electrons. The second-order valence-corrected chi connectivity index (χ2v) is 3.57. The van der Waals surface area contributed by atoms with Gasteiger partial charge in [-0.1, -0.05) is 0 Å². The first-order chi connectivity index (χ1) is 7.77. The van der Waals surface area contributed by atoms with Crippen LogP contribution in [0.4, 0.5) is 5.82 Å². The molecule has 2 heterocycles. The van der Waals surface area contributed by atoms with E-state index in [1.807, 2.05) is 0 Å². The number of carboxylic acids is 1. The lowest BCUT2D eigenvalue weighted by Crippen LogP contribution is -2.20. The molecule has 2 rings (SSSR count). The van der Waals surface area contributed by atoms with Gasteiger partial charge in [-0.3, -0.25) is 0 Å². The van der Waals surface area contributed by atoms with E-state index in [4.69, 9.17) is 9.84 Å². The summed E-state index contributed by atoms with van der Waals surface area (Å²) in [4.78, 5) is 18.6. The van der Waals surface area contributed by atoms with Gasteiger partial charge in [-0.15, -0.1) is 0 Å². The van der Waals surface area contributed by atoms with Crippen LogP contribution in [0, 0.1) is 0 Å². The predicted molar refractivity (Wildman–Crippen MR) is 56.5 cm³/mol. The van der Waals surface area contributed by atoms with Crippen molar-refractivity contribution in [3.8, 4) is 0 Å². The standard InChI is InChI=1S/C10H13N3O3/c14-10(15)8-9(12-4-3-11-8)13-6-7-2-1-5-16-7/h3-4,7H,1-2,5-6H2,(H,12,13)(H,14,15). The molecule has 1 unspecified atom stereocenters. The number of aromatic nitrogens is 2. The van der Waals surface area contributed by atoms with Crippen LogP contribution in [0.25, 0.3) is 0 Å². The molecule has 16 heavy (non-hydrogen) atoms. The molecular weight excluding hydrogens is 210 g/mol. The highest BCUT2D eigenvalue weighted by Gasteiger charge is 2.17. The van der Waals surface area contributed by atoms with Crippen LogP contribution in [0.15, 0.2) is 12.4 Å². The van der Waals surface area contributed by atoms with Crippen molar-refractivity contribution >= 4 is 11.8 Å². The van der Waals surface area contributed by atoms with E-state index >= 15 is 0 Å². The van der Waals surface area contributed by atoms with Crippen LogP contribution in [-0.4, -0.2) is 40.3 Å². The van der Waals surface area contributed by atoms with Crippen LogP contribution in [0.2, 0.25) is 0 Å². The number of rotatable bonds is 4. The summed E-state index contributed by atoms with van der Waals surface area (Å²) in [6, 6.07) is 0. The molecule has 0 aromatic carbocycles. The van der Waals surface area contributed by atoms with E-state index in [9.17, 15) is 4.79 Å². The molecule has 1 aliphatic heterocycles. The Bertz CT molecular complexity index is 377. The third kappa shape index (κ3) is 2.46. The average molecular weight is 223 g/mol. The molecule has 0 radical (unpaired) electrons. The largest absolute Gasteiger partial charge is 0.476 e. The van der Waals surface area contributed by atoms with E-state index in [2.05, 4.69) is 15.3 Å². The van der Waals surface area contributed by atoms with Crippen LogP contribution in [0.3, 0.4) is 0 Å². The third-order valence-electron chi connectivity index (χ3n) is 2.42. The Hall–Kier alpha value is -1.69. The summed E-state index contributed by atoms with van der Waals surface area (Å²) in [5, 5.41) is 11.8. The van der Waals surface area contributed by atoms with Crippen molar-refractivity contribution in [3.63, 3.8) is 0 Å². The maximum atomic E-state index is 10.8. The minimum atomic E-state index is -1.08. The van der Waals surface area contributed by atoms with Gasteiger partial charge in [0.2, 0.25) is 0 Å². The number of aromatic carboxylic acids is 1. The Morgan fingerprint density at radius 2 is 2.38 bits per heavy atom. The zero-order valence-electron chi connectivity index (χ0n) is 8.72. The maximum Gasteiger partial charge on any atom is 0.358 e. The molecule has 2 N–H and O–H groups in total. The molecule has 1 aromatic heterocycles. The molecule has 1 fully saturated rings. The van der Waals surface area contributed by atoms with Crippen molar-refractivity contribution < 1.29 is 14.6 Å². The van der Waals surface area contributed by atoms with Crippen molar-refractivity contribution in [2.24, 2.45) is 0 Å². The zero-order chi connectivity index (χ0) is 11.4. The Labute approximate surface area is 92.7 Å². The van der Waals surface area contributed by atoms with Crippen molar-refractivity contribution in [2.75, 3.05) is 18.5 Å². The molecule has 1 atom stereocenters. The fraction of sp³-hybridized carbons (Fsp3) is 0.500. The lowest BCUT2D eigenvalue weighted by Gasteiger charge is -2.11. The van der Waals surface area contributed by atoms with Gasteiger partial charge in [0.15, 0.2) is 11.5 Å². The topological polar surface area (TPSA) is 84.3 Å². The molecule has 6 nitrogen and oxygen atoms in total. The minimum Gasteiger partial charge on any atom is -0.476 e. The molecule has 0 aliphatic carbocycles. The molecular formula is C10H13N3O3. The van der Waals surface area contributed by atoms with Gasteiger partial charge in [0.1, 0.15) is 0 Å².